The van der Waals surface area contributed by atoms with Crippen molar-refractivity contribution in [3.8, 4) is 10.4 Å². The third kappa shape index (κ3) is 3.13. The van der Waals surface area contributed by atoms with Crippen LogP contribution in [0.3, 0.4) is 0 Å². The van der Waals surface area contributed by atoms with Crippen molar-refractivity contribution in [3.63, 3.8) is 0 Å². The van der Waals surface area contributed by atoms with Gasteiger partial charge in [0.2, 0.25) is 0 Å². The van der Waals surface area contributed by atoms with Gasteiger partial charge >= 0.3 is 5.69 Å². The molecule has 0 atom stereocenters. The molecule has 0 fully saturated rings. The van der Waals surface area contributed by atoms with Gasteiger partial charge in [0, 0.05) is 17.6 Å². The fraction of sp³-hybridized carbons (Fsp3) is 0.231. The highest BCUT2D eigenvalue weighted by molar-refractivity contribution is 7.13. The lowest BCUT2D eigenvalue weighted by molar-refractivity contribution is 0.275. The maximum atomic E-state index is 11.8. The van der Waals surface area contributed by atoms with E-state index >= 15 is 0 Å². The first kappa shape index (κ1) is 14.4. The molecular weight excluding hydrogens is 280 g/mol. The summed E-state index contributed by atoms with van der Waals surface area (Å²) in [5, 5.41) is 19.7. The van der Waals surface area contributed by atoms with Crippen LogP contribution in [-0.4, -0.2) is 33.0 Å². The highest BCUT2D eigenvalue weighted by atomic mass is 32.1. The van der Waals surface area contributed by atoms with Crippen molar-refractivity contribution in [2.24, 2.45) is 0 Å². The average molecular weight is 294 g/mol. The second-order valence-electron chi connectivity index (χ2n) is 4.11. The highest BCUT2D eigenvalue weighted by Gasteiger charge is 2.07. The lowest BCUT2D eigenvalue weighted by atomic mass is 10.2. The van der Waals surface area contributed by atoms with Gasteiger partial charge in [-0.25, -0.2) is 4.79 Å². The van der Waals surface area contributed by atoms with Crippen molar-refractivity contribution in [1.29, 1.82) is 0 Å². The number of rotatable bonds is 5. The molecule has 0 radical (unpaired) electrons. The minimum Gasteiger partial charge on any atom is -0.392 e. The molecule has 3 N–H and O–H groups in total. The normalized spacial score (nSPS) is 10.5. The molecule has 0 unspecified atom stereocenters. The van der Waals surface area contributed by atoms with Gasteiger partial charge in [-0.3, -0.25) is 14.3 Å². The summed E-state index contributed by atoms with van der Waals surface area (Å²) in [5.74, 6) is 0. The van der Waals surface area contributed by atoms with Crippen LogP contribution in [0.25, 0.3) is 10.4 Å². The Balaban J connectivity index is 2.40. The van der Waals surface area contributed by atoms with Crippen LogP contribution in [0.1, 0.15) is 0 Å². The SMILES string of the molecule is O=c1[nH]c(=O)n(CC=C(CO)CO)cc1-c1cccs1. The van der Waals surface area contributed by atoms with E-state index in [2.05, 4.69) is 4.98 Å². The zero-order valence-electron chi connectivity index (χ0n) is 10.6. The van der Waals surface area contributed by atoms with E-state index in [1.165, 1.54) is 22.1 Å². The summed E-state index contributed by atoms with van der Waals surface area (Å²) < 4.78 is 1.32. The molecule has 0 aliphatic carbocycles. The summed E-state index contributed by atoms with van der Waals surface area (Å²) >= 11 is 1.41. The summed E-state index contributed by atoms with van der Waals surface area (Å²) in [6.45, 7) is -0.372. The maximum absolute atomic E-state index is 11.8. The molecule has 2 rings (SSSR count). The number of aliphatic hydroxyl groups is 2. The van der Waals surface area contributed by atoms with E-state index in [1.807, 2.05) is 11.4 Å². The lowest BCUT2D eigenvalue weighted by Crippen LogP contribution is -2.30. The number of hydrogen-bond acceptors (Lipinski definition) is 5. The molecule has 0 spiro atoms. The predicted octanol–water partition coefficient (Wildman–Crippen LogP) is 0.176. The van der Waals surface area contributed by atoms with E-state index < -0.39 is 11.2 Å². The molecule has 0 saturated carbocycles. The Bertz CT molecular complexity index is 707. The highest BCUT2D eigenvalue weighted by Crippen LogP contribution is 2.20. The van der Waals surface area contributed by atoms with Crippen LogP contribution in [0.2, 0.25) is 0 Å². The zero-order chi connectivity index (χ0) is 14.5. The molecule has 2 heterocycles. The molecule has 0 aromatic carbocycles. The Kier molecular flexibility index (Phi) is 4.67. The quantitative estimate of drug-likeness (QED) is 0.685. The predicted molar refractivity (Wildman–Crippen MR) is 76.9 cm³/mol. The van der Waals surface area contributed by atoms with Crippen LogP contribution < -0.4 is 11.2 Å². The first-order chi connectivity index (χ1) is 9.65. The number of thiophene rings is 1. The number of nitrogens with zero attached hydrogens (tertiary/aromatic N) is 1. The molecule has 0 amide bonds. The molecule has 0 aliphatic heterocycles. The molecule has 0 saturated heterocycles. The molecule has 7 heteroatoms. The smallest absolute Gasteiger partial charge is 0.328 e. The standard InChI is InChI=1S/C13H14N2O4S/c16-7-9(8-17)3-4-15-6-10(11-2-1-5-20-11)12(18)14-13(15)19/h1-3,5-6,16-17H,4,7-8H2,(H,14,18,19). The topological polar surface area (TPSA) is 95.3 Å². The lowest BCUT2D eigenvalue weighted by Gasteiger charge is -2.05. The number of H-pyrrole nitrogens is 1. The third-order valence-electron chi connectivity index (χ3n) is 2.78. The Hall–Kier alpha value is -1.96. The van der Waals surface area contributed by atoms with Crippen LogP contribution in [0.15, 0.2) is 44.9 Å². The summed E-state index contributed by atoms with van der Waals surface area (Å²) in [6.07, 6.45) is 3.04. The molecule has 2 aromatic heterocycles. The van der Waals surface area contributed by atoms with E-state index in [1.54, 1.807) is 12.1 Å². The average Bonchev–Trinajstić information content (AvgIpc) is 2.95. The number of aliphatic hydroxyl groups excluding tert-OH is 2. The Labute approximate surface area is 118 Å². The number of aromatic nitrogens is 2. The largest absolute Gasteiger partial charge is 0.392 e. The fourth-order valence-corrected chi connectivity index (χ4v) is 2.39. The van der Waals surface area contributed by atoms with Crippen molar-refractivity contribution in [1.82, 2.24) is 9.55 Å². The van der Waals surface area contributed by atoms with Crippen LogP contribution in [0, 0.1) is 0 Å². The molecular formula is C13H14N2O4S. The summed E-state index contributed by atoms with van der Waals surface area (Å²) in [5.41, 5.74) is -0.118. The number of hydrogen-bond donors (Lipinski definition) is 3. The van der Waals surface area contributed by atoms with Crippen molar-refractivity contribution in [2.45, 2.75) is 6.54 Å². The Morgan fingerprint density at radius 3 is 2.70 bits per heavy atom. The van der Waals surface area contributed by atoms with E-state index in [-0.39, 0.29) is 19.8 Å². The second kappa shape index (κ2) is 6.47. The first-order valence-corrected chi connectivity index (χ1v) is 6.81. The minimum atomic E-state index is -0.526. The van der Waals surface area contributed by atoms with Gasteiger partial charge in [-0.15, -0.1) is 11.3 Å². The summed E-state index contributed by atoms with van der Waals surface area (Å²) in [4.78, 5) is 26.5. The number of nitrogens with one attached hydrogen (secondary N) is 1. The molecule has 0 aliphatic rings. The molecule has 6 nitrogen and oxygen atoms in total. The van der Waals surface area contributed by atoms with Gasteiger partial charge in [0.1, 0.15) is 0 Å². The fourth-order valence-electron chi connectivity index (χ4n) is 1.66. The van der Waals surface area contributed by atoms with Gasteiger partial charge in [0.15, 0.2) is 0 Å². The van der Waals surface area contributed by atoms with Crippen LogP contribution in [0.4, 0.5) is 0 Å². The van der Waals surface area contributed by atoms with E-state index in [4.69, 9.17) is 10.2 Å². The van der Waals surface area contributed by atoms with Crippen molar-refractivity contribution < 1.29 is 10.2 Å². The second-order valence-corrected chi connectivity index (χ2v) is 5.06. The van der Waals surface area contributed by atoms with E-state index in [0.29, 0.717) is 11.1 Å². The van der Waals surface area contributed by atoms with Crippen LogP contribution in [-0.2, 0) is 6.54 Å². The third-order valence-corrected chi connectivity index (χ3v) is 3.68. The monoisotopic (exact) mass is 294 g/mol. The van der Waals surface area contributed by atoms with Gasteiger partial charge in [-0.05, 0) is 17.0 Å². The molecule has 106 valence electrons. The van der Waals surface area contributed by atoms with Crippen molar-refractivity contribution >= 4 is 11.3 Å². The van der Waals surface area contributed by atoms with E-state index in [9.17, 15) is 9.59 Å². The zero-order valence-corrected chi connectivity index (χ0v) is 11.4. The van der Waals surface area contributed by atoms with Gasteiger partial charge in [0.05, 0.1) is 18.8 Å². The number of allylic oxidation sites excluding steroid dienone is 1. The summed E-state index contributed by atoms with van der Waals surface area (Å²) in [7, 11) is 0. The first-order valence-electron chi connectivity index (χ1n) is 5.93. The maximum Gasteiger partial charge on any atom is 0.328 e. The van der Waals surface area contributed by atoms with Gasteiger partial charge in [0.25, 0.3) is 5.56 Å². The Morgan fingerprint density at radius 2 is 2.10 bits per heavy atom. The molecule has 2 aromatic rings. The minimum absolute atomic E-state index is 0.171. The molecule has 0 bridgehead atoms. The summed E-state index contributed by atoms with van der Waals surface area (Å²) in [6, 6.07) is 3.62. The molecule has 20 heavy (non-hydrogen) atoms. The van der Waals surface area contributed by atoms with Crippen molar-refractivity contribution in [3.05, 3.63) is 56.2 Å². The van der Waals surface area contributed by atoms with E-state index in [0.717, 1.165) is 4.88 Å². The van der Waals surface area contributed by atoms with Gasteiger partial charge in [-0.2, -0.15) is 0 Å². The Morgan fingerprint density at radius 1 is 1.35 bits per heavy atom. The van der Waals surface area contributed by atoms with Gasteiger partial charge < -0.3 is 10.2 Å². The number of aromatic amines is 1. The van der Waals surface area contributed by atoms with Crippen molar-refractivity contribution in [2.75, 3.05) is 13.2 Å². The van der Waals surface area contributed by atoms with Crippen LogP contribution in [0.5, 0.6) is 0 Å². The van der Waals surface area contributed by atoms with Crippen LogP contribution >= 0.6 is 11.3 Å². The van der Waals surface area contributed by atoms with Gasteiger partial charge in [-0.1, -0.05) is 12.1 Å².